The van der Waals surface area contributed by atoms with E-state index in [0.717, 1.165) is 41.3 Å². The van der Waals surface area contributed by atoms with E-state index >= 15 is 0 Å². The normalized spacial score (nSPS) is 16.2. The Bertz CT molecular complexity index is 1930. The van der Waals surface area contributed by atoms with Crippen LogP contribution in [0.15, 0.2) is 64.0 Å². The maximum Gasteiger partial charge on any atom is 0.439 e. The van der Waals surface area contributed by atoms with E-state index in [1.165, 1.54) is 18.2 Å². The topological polar surface area (TPSA) is 85.4 Å². The lowest BCUT2D eigenvalue weighted by atomic mass is 9.89. The Morgan fingerprint density at radius 2 is 1.93 bits per heavy atom. The molecule has 208 valence electrons. The molecule has 0 saturated heterocycles. The third-order valence-electron chi connectivity index (χ3n) is 7.63. The van der Waals surface area contributed by atoms with Gasteiger partial charge in [-0.25, -0.2) is 14.2 Å². The number of aromatic nitrogens is 4. The molecule has 0 spiro atoms. The van der Waals surface area contributed by atoms with Crippen molar-refractivity contribution in [1.82, 2.24) is 19.5 Å². The van der Waals surface area contributed by atoms with Crippen molar-refractivity contribution in [3.63, 3.8) is 0 Å². The first-order valence-electron chi connectivity index (χ1n) is 13.1. The van der Waals surface area contributed by atoms with Gasteiger partial charge < -0.3 is 9.14 Å². The van der Waals surface area contributed by atoms with Crippen LogP contribution in [0, 0.1) is 5.82 Å². The lowest BCUT2D eigenvalue weighted by Crippen LogP contribution is -2.08. The summed E-state index contributed by atoms with van der Waals surface area (Å²) in [7, 11) is 0. The highest BCUT2D eigenvalue weighted by atomic mass is 19.4. The number of nitrogens with one attached hydrogen (secondary N) is 1. The molecular formula is C30H22F4N4O3. The van der Waals surface area contributed by atoms with Gasteiger partial charge in [-0.3, -0.25) is 9.51 Å². The van der Waals surface area contributed by atoms with Gasteiger partial charge in [-0.2, -0.15) is 13.2 Å². The monoisotopic (exact) mass is 562 g/mol. The number of fused-ring (bicyclic) bond motifs is 3. The molecule has 1 aliphatic heterocycles. The fraction of sp³-hybridized carbons (Fsp3) is 0.233. The Hall–Kier alpha value is -4.67. The van der Waals surface area contributed by atoms with Crippen LogP contribution in [0.1, 0.15) is 70.7 Å². The number of benzene rings is 2. The molecule has 1 fully saturated rings. The molecule has 3 aromatic heterocycles. The van der Waals surface area contributed by atoms with Crippen molar-refractivity contribution in [2.24, 2.45) is 0 Å². The fourth-order valence-electron chi connectivity index (χ4n) is 5.57. The molecule has 41 heavy (non-hydrogen) atoms. The Kier molecular flexibility index (Phi) is 5.67. The largest absolute Gasteiger partial charge is 0.488 e. The zero-order valence-corrected chi connectivity index (χ0v) is 21.7. The minimum atomic E-state index is -4.52. The summed E-state index contributed by atoms with van der Waals surface area (Å²) in [5.41, 5.74) is 4.92. The zero-order valence-electron chi connectivity index (χ0n) is 21.7. The van der Waals surface area contributed by atoms with Crippen LogP contribution in [0.2, 0.25) is 0 Å². The van der Waals surface area contributed by atoms with Crippen LogP contribution in [0.3, 0.4) is 0 Å². The van der Waals surface area contributed by atoms with Gasteiger partial charge in [-0.05, 0) is 66.3 Å². The van der Waals surface area contributed by atoms with E-state index in [1.54, 1.807) is 23.6 Å². The summed E-state index contributed by atoms with van der Waals surface area (Å²) in [6.07, 6.45) is -0.751. The quantitative estimate of drug-likeness (QED) is 0.253. The number of alkyl halides is 3. The van der Waals surface area contributed by atoms with E-state index in [2.05, 4.69) is 15.1 Å². The van der Waals surface area contributed by atoms with Gasteiger partial charge in [0.2, 0.25) is 0 Å². The number of rotatable bonds is 4. The number of hydrogen-bond donors (Lipinski definition) is 1. The summed E-state index contributed by atoms with van der Waals surface area (Å²) in [4.78, 5) is 18.7. The highest BCUT2D eigenvalue weighted by Crippen LogP contribution is 2.44. The van der Waals surface area contributed by atoms with Crippen molar-refractivity contribution in [3.05, 3.63) is 116 Å². The number of H-pyrrole nitrogens is 1. The lowest BCUT2D eigenvalue weighted by Gasteiger charge is -2.14. The predicted octanol–water partition coefficient (Wildman–Crippen LogP) is 6.51. The molecule has 0 amide bonds. The highest BCUT2D eigenvalue weighted by molar-refractivity contribution is 5.99. The van der Waals surface area contributed by atoms with Crippen molar-refractivity contribution >= 4 is 16.8 Å². The zero-order chi connectivity index (χ0) is 28.5. The molecule has 4 heterocycles. The molecule has 2 aliphatic rings. The van der Waals surface area contributed by atoms with Crippen LogP contribution >= 0.6 is 0 Å². The van der Waals surface area contributed by atoms with Crippen LogP contribution in [-0.4, -0.2) is 19.5 Å². The molecule has 7 rings (SSSR count). The minimum absolute atomic E-state index is 0.0880. The van der Waals surface area contributed by atoms with E-state index in [9.17, 15) is 22.4 Å². The first-order valence-corrected chi connectivity index (χ1v) is 13.1. The van der Waals surface area contributed by atoms with Gasteiger partial charge in [0.25, 0.3) is 0 Å². The van der Waals surface area contributed by atoms with Crippen molar-refractivity contribution in [3.8, 4) is 5.75 Å². The highest BCUT2D eigenvalue weighted by Gasteiger charge is 2.37. The first-order chi connectivity index (χ1) is 19.7. The van der Waals surface area contributed by atoms with Crippen LogP contribution in [-0.2, 0) is 19.2 Å². The Balaban J connectivity index is 1.36. The average Bonchev–Trinajstić information content (AvgIpc) is 3.62. The lowest BCUT2D eigenvalue weighted by molar-refractivity contribution is -0.136. The van der Waals surface area contributed by atoms with Crippen molar-refractivity contribution in [2.75, 3.05) is 0 Å². The van der Waals surface area contributed by atoms with E-state index in [1.807, 2.05) is 18.2 Å². The second-order valence-corrected chi connectivity index (χ2v) is 10.4. The van der Waals surface area contributed by atoms with Crippen LogP contribution in [0.5, 0.6) is 5.75 Å². The molecule has 1 N–H and O–H groups in total. The minimum Gasteiger partial charge on any atom is -0.488 e. The Morgan fingerprint density at radius 3 is 2.66 bits per heavy atom. The van der Waals surface area contributed by atoms with E-state index in [0.29, 0.717) is 34.6 Å². The molecule has 11 heteroatoms. The van der Waals surface area contributed by atoms with Gasteiger partial charge in [0.05, 0.1) is 17.0 Å². The smallest absolute Gasteiger partial charge is 0.439 e. The molecule has 0 atom stereocenters. The summed E-state index contributed by atoms with van der Waals surface area (Å²) in [6, 6.07) is 12.5. The van der Waals surface area contributed by atoms with E-state index in [4.69, 9.17) is 9.26 Å². The summed E-state index contributed by atoms with van der Waals surface area (Å²) in [5, 5.41) is 3.83. The second-order valence-electron chi connectivity index (χ2n) is 10.4. The number of halogens is 4. The fourth-order valence-corrected chi connectivity index (χ4v) is 5.57. The molecule has 7 nitrogen and oxygen atoms in total. The second kappa shape index (κ2) is 9.18. The summed E-state index contributed by atoms with van der Waals surface area (Å²) in [6.45, 7) is 1.91. The standard InChI is InChI=1S/C30H22F4N4O3/c1-15(27-36-29(39)41-37-27)25-20-8-4-16(11-18(20)14-40-24-13-19(31)7-9-21(24)25)12-23-26(17-5-6-17)35-28-22(30(32,33)34)3-2-10-38(23)28/h2-4,7-11,13,17H,5-6,12,14H2,1H3,(H,36,37,39)/b25-15+. The molecule has 5 aromatic rings. The number of pyridine rings is 1. The first kappa shape index (κ1) is 25.3. The van der Waals surface area contributed by atoms with Crippen molar-refractivity contribution in [2.45, 2.75) is 44.9 Å². The van der Waals surface area contributed by atoms with Gasteiger partial charge in [-0.15, -0.1) is 0 Å². The average molecular weight is 563 g/mol. The van der Waals surface area contributed by atoms with E-state index < -0.39 is 23.3 Å². The third-order valence-corrected chi connectivity index (χ3v) is 7.63. The molecule has 0 unspecified atom stereocenters. The summed E-state index contributed by atoms with van der Waals surface area (Å²) in [5.74, 6) is -0.451. The summed E-state index contributed by atoms with van der Waals surface area (Å²) >= 11 is 0. The number of ether oxygens (including phenoxy) is 1. The molecule has 1 saturated carbocycles. The summed E-state index contributed by atoms with van der Waals surface area (Å²) < 4.78 is 67.8. The number of imidazole rings is 1. The van der Waals surface area contributed by atoms with Crippen molar-refractivity contribution < 1.29 is 26.8 Å². The molecule has 0 bridgehead atoms. The third kappa shape index (κ3) is 4.41. The maximum absolute atomic E-state index is 14.2. The van der Waals surface area contributed by atoms with Gasteiger partial charge in [-0.1, -0.05) is 23.4 Å². The number of hydrogen-bond acceptors (Lipinski definition) is 5. The van der Waals surface area contributed by atoms with Crippen LogP contribution in [0.25, 0.3) is 16.8 Å². The number of nitrogens with zero attached hydrogens (tertiary/aromatic N) is 3. The van der Waals surface area contributed by atoms with Gasteiger partial charge >= 0.3 is 11.9 Å². The van der Waals surface area contributed by atoms with Crippen molar-refractivity contribution in [1.29, 1.82) is 0 Å². The molecule has 1 aliphatic carbocycles. The molecule has 2 aromatic carbocycles. The number of aromatic amines is 1. The number of allylic oxidation sites excluding steroid dienone is 1. The molecular weight excluding hydrogens is 540 g/mol. The maximum atomic E-state index is 14.2. The van der Waals surface area contributed by atoms with Gasteiger partial charge in [0, 0.05) is 35.7 Å². The van der Waals surface area contributed by atoms with Gasteiger partial charge in [0.1, 0.15) is 23.8 Å². The Labute approximate surface area is 230 Å². The van der Waals surface area contributed by atoms with Crippen LogP contribution in [0.4, 0.5) is 17.6 Å². The SMILES string of the molecule is C/C(=C1/c2ccc(Cc3c(C4CC4)nc4c(C(F)(F)F)cccn34)cc2COc2cc(F)ccc21)c1noc(=O)[nH]1. The van der Waals surface area contributed by atoms with Gasteiger partial charge in [0.15, 0.2) is 5.82 Å². The Morgan fingerprint density at radius 1 is 1.12 bits per heavy atom. The van der Waals surface area contributed by atoms with Crippen LogP contribution < -0.4 is 10.5 Å². The molecule has 0 radical (unpaired) electrons. The van der Waals surface area contributed by atoms with E-state index in [-0.39, 0.29) is 24.0 Å². The predicted molar refractivity (Wildman–Crippen MR) is 141 cm³/mol.